The zero-order valence-corrected chi connectivity index (χ0v) is 23.4. The highest BCUT2D eigenvalue weighted by Crippen LogP contribution is 2.44. The second-order valence-corrected chi connectivity index (χ2v) is 9.88. The normalized spacial score (nSPS) is 16.4. The number of carbonyl (C=O) groups excluding carboxylic acids is 4. The van der Waals surface area contributed by atoms with Crippen LogP contribution in [0.3, 0.4) is 0 Å². The lowest BCUT2D eigenvalue weighted by molar-refractivity contribution is -0.139. The summed E-state index contributed by atoms with van der Waals surface area (Å²) in [6.45, 7) is 1.67. The smallest absolute Gasteiger partial charge is 0.355 e. The minimum atomic E-state index is -1.01. The van der Waals surface area contributed by atoms with Crippen LogP contribution in [0.1, 0.15) is 37.8 Å². The Bertz CT molecular complexity index is 1790. The van der Waals surface area contributed by atoms with Gasteiger partial charge in [0.05, 0.1) is 54.2 Å². The van der Waals surface area contributed by atoms with Crippen LogP contribution >= 0.6 is 11.6 Å². The maximum absolute atomic E-state index is 13.3. The summed E-state index contributed by atoms with van der Waals surface area (Å²) < 4.78 is 10.1. The first-order valence-electron chi connectivity index (χ1n) is 12.6. The molecule has 0 aromatic heterocycles. The van der Waals surface area contributed by atoms with Crippen LogP contribution in [0.15, 0.2) is 89.4 Å². The topological polar surface area (TPSA) is 143 Å². The summed E-state index contributed by atoms with van der Waals surface area (Å²) in [7, 11) is 2.32. The molecule has 0 bridgehead atoms. The highest BCUT2D eigenvalue weighted by molar-refractivity contribution is 6.37. The van der Waals surface area contributed by atoms with E-state index in [1.807, 2.05) is 0 Å². The fourth-order valence-electron chi connectivity index (χ4n) is 5.24. The standard InChI is InChI=1S/C31H23ClN4O6/c1-16-13-19(10-12-23(16)36-28(37)20-11-9-18(32)14-21(20)29(36)38)35-26(31(40)42-3)25(30(39)41-2)24(22(15-33)27(35)34)17-7-5-4-6-8-17/h4-14,24H,34H2,1-3H3. The van der Waals surface area contributed by atoms with Crippen molar-refractivity contribution in [1.82, 2.24) is 0 Å². The Morgan fingerprint density at radius 3 is 2.19 bits per heavy atom. The molecule has 3 aromatic rings. The molecule has 2 heterocycles. The minimum Gasteiger partial charge on any atom is -0.466 e. The number of nitrogens with two attached hydrogens (primary N) is 1. The van der Waals surface area contributed by atoms with E-state index >= 15 is 0 Å². The van der Waals surface area contributed by atoms with Crippen LogP contribution in [0.4, 0.5) is 11.4 Å². The van der Waals surface area contributed by atoms with Crippen molar-refractivity contribution in [3.63, 3.8) is 0 Å². The first-order valence-corrected chi connectivity index (χ1v) is 13.0. The Morgan fingerprint density at radius 2 is 1.57 bits per heavy atom. The monoisotopic (exact) mass is 582 g/mol. The number of ether oxygens (including phenoxy) is 2. The van der Waals surface area contributed by atoms with E-state index in [9.17, 15) is 24.4 Å². The summed E-state index contributed by atoms with van der Waals surface area (Å²) in [5.41, 5.74) is 8.17. The third-order valence-electron chi connectivity index (χ3n) is 7.14. The van der Waals surface area contributed by atoms with Gasteiger partial charge < -0.3 is 15.2 Å². The van der Waals surface area contributed by atoms with Crippen LogP contribution < -0.4 is 15.5 Å². The van der Waals surface area contributed by atoms with Gasteiger partial charge in [-0.2, -0.15) is 5.26 Å². The van der Waals surface area contributed by atoms with Crippen molar-refractivity contribution in [2.75, 3.05) is 24.0 Å². The number of benzene rings is 3. The van der Waals surface area contributed by atoms with E-state index in [1.165, 1.54) is 42.3 Å². The van der Waals surface area contributed by atoms with Gasteiger partial charge in [-0.25, -0.2) is 14.5 Å². The molecule has 0 saturated carbocycles. The van der Waals surface area contributed by atoms with Gasteiger partial charge in [-0.05, 0) is 54.4 Å². The molecular weight excluding hydrogens is 560 g/mol. The predicted molar refractivity (Wildman–Crippen MR) is 153 cm³/mol. The van der Waals surface area contributed by atoms with Crippen LogP contribution in [0.2, 0.25) is 5.02 Å². The van der Waals surface area contributed by atoms with Gasteiger partial charge in [0.1, 0.15) is 11.5 Å². The van der Waals surface area contributed by atoms with E-state index in [-0.39, 0.29) is 39.5 Å². The molecule has 3 aromatic carbocycles. The van der Waals surface area contributed by atoms with E-state index in [0.717, 1.165) is 12.0 Å². The van der Waals surface area contributed by atoms with Gasteiger partial charge in [-0.15, -0.1) is 0 Å². The van der Waals surface area contributed by atoms with Crippen LogP contribution in [0.25, 0.3) is 0 Å². The number of allylic oxidation sites excluding steroid dienone is 1. The number of carbonyl (C=O) groups is 4. The fourth-order valence-corrected chi connectivity index (χ4v) is 5.42. The molecule has 10 nitrogen and oxygen atoms in total. The number of amides is 2. The van der Waals surface area contributed by atoms with Crippen molar-refractivity contribution in [1.29, 1.82) is 5.26 Å². The number of rotatable bonds is 5. The van der Waals surface area contributed by atoms with Gasteiger partial charge in [-0.1, -0.05) is 41.9 Å². The third-order valence-corrected chi connectivity index (χ3v) is 7.37. The minimum absolute atomic E-state index is 0.00760. The first-order chi connectivity index (χ1) is 20.1. The van der Waals surface area contributed by atoms with Gasteiger partial charge in [0.2, 0.25) is 0 Å². The van der Waals surface area contributed by atoms with Gasteiger partial charge in [-0.3, -0.25) is 14.5 Å². The van der Waals surface area contributed by atoms with Crippen LogP contribution in [0.5, 0.6) is 0 Å². The maximum atomic E-state index is 13.3. The first kappa shape index (κ1) is 28.1. The molecule has 0 aliphatic carbocycles. The van der Waals surface area contributed by atoms with E-state index in [0.29, 0.717) is 21.8 Å². The SMILES string of the molecule is COC(=O)C1=C(C(=O)OC)N(c2ccc(N3C(=O)c4ccc(Cl)cc4C3=O)c(C)c2)C(N)=C(C#N)C1c1ccccc1. The molecular formula is C31H23ClN4O6. The molecule has 5 rings (SSSR count). The highest BCUT2D eigenvalue weighted by atomic mass is 35.5. The average Bonchev–Trinajstić information content (AvgIpc) is 3.24. The van der Waals surface area contributed by atoms with Gasteiger partial charge >= 0.3 is 11.9 Å². The lowest BCUT2D eigenvalue weighted by atomic mass is 9.81. The summed E-state index contributed by atoms with van der Waals surface area (Å²) in [5, 5.41) is 10.5. The maximum Gasteiger partial charge on any atom is 0.355 e. The van der Waals surface area contributed by atoms with E-state index in [1.54, 1.807) is 43.3 Å². The summed E-state index contributed by atoms with van der Waals surface area (Å²) in [6.07, 6.45) is 0. The Balaban J connectivity index is 1.68. The van der Waals surface area contributed by atoms with E-state index in [4.69, 9.17) is 26.8 Å². The number of hydrogen-bond acceptors (Lipinski definition) is 9. The fraction of sp³-hybridized carbons (Fsp3) is 0.129. The van der Waals surface area contributed by atoms with E-state index in [2.05, 4.69) is 6.07 Å². The number of fused-ring (bicyclic) bond motifs is 1. The molecule has 1 unspecified atom stereocenters. The van der Waals surface area contributed by atoms with Crippen molar-refractivity contribution < 1.29 is 28.7 Å². The quantitative estimate of drug-likeness (QED) is 0.343. The van der Waals surface area contributed by atoms with Gasteiger partial charge in [0, 0.05) is 10.7 Å². The zero-order valence-electron chi connectivity index (χ0n) is 22.7. The van der Waals surface area contributed by atoms with Gasteiger partial charge in [0.25, 0.3) is 11.8 Å². The molecule has 2 aliphatic heterocycles. The Hall–Kier alpha value is -5.40. The molecule has 11 heteroatoms. The molecule has 2 amide bonds. The van der Waals surface area contributed by atoms with Gasteiger partial charge in [0.15, 0.2) is 0 Å². The van der Waals surface area contributed by atoms with Crippen molar-refractivity contribution in [3.05, 3.63) is 117 Å². The Morgan fingerprint density at radius 1 is 0.905 bits per heavy atom. The van der Waals surface area contributed by atoms with Crippen molar-refractivity contribution >= 4 is 46.7 Å². The lowest BCUT2D eigenvalue weighted by Gasteiger charge is -2.36. The molecule has 0 saturated heterocycles. The second kappa shape index (κ2) is 10.9. The number of hydrogen-bond donors (Lipinski definition) is 1. The molecule has 1 atom stereocenters. The lowest BCUT2D eigenvalue weighted by Crippen LogP contribution is -2.40. The molecule has 2 aliphatic rings. The molecule has 0 radical (unpaired) electrons. The molecule has 0 fully saturated rings. The number of anilines is 2. The zero-order chi connectivity index (χ0) is 30.3. The van der Waals surface area contributed by atoms with E-state index < -0.39 is 29.7 Å². The number of nitriles is 1. The second-order valence-electron chi connectivity index (χ2n) is 9.44. The third kappa shape index (κ3) is 4.36. The Kier molecular flexibility index (Phi) is 7.29. The van der Waals surface area contributed by atoms with Crippen molar-refractivity contribution in [2.24, 2.45) is 5.73 Å². The van der Waals surface area contributed by atoms with Crippen LogP contribution in [-0.4, -0.2) is 38.0 Å². The summed E-state index contributed by atoms with van der Waals surface area (Å²) in [5.74, 6) is -3.92. The summed E-state index contributed by atoms with van der Waals surface area (Å²) in [4.78, 5) is 55.2. The molecule has 42 heavy (non-hydrogen) atoms. The number of esters is 2. The number of halogens is 1. The largest absolute Gasteiger partial charge is 0.466 e. The number of methoxy groups -OCH3 is 2. The Labute approximate surface area is 245 Å². The van der Waals surface area contributed by atoms with Crippen LogP contribution in [-0.2, 0) is 19.1 Å². The predicted octanol–water partition coefficient (Wildman–Crippen LogP) is 4.35. The number of nitrogens with zero attached hydrogens (tertiary/aromatic N) is 3. The summed E-state index contributed by atoms with van der Waals surface area (Å²) >= 11 is 6.05. The molecule has 210 valence electrons. The molecule has 0 spiro atoms. The van der Waals surface area contributed by atoms with Crippen molar-refractivity contribution in [3.8, 4) is 6.07 Å². The highest BCUT2D eigenvalue weighted by Gasteiger charge is 2.43. The average molecular weight is 583 g/mol. The summed E-state index contributed by atoms with van der Waals surface area (Å²) in [6, 6.07) is 19.8. The van der Waals surface area contributed by atoms with Crippen molar-refractivity contribution in [2.45, 2.75) is 12.8 Å². The van der Waals surface area contributed by atoms with Crippen LogP contribution in [0, 0.1) is 18.3 Å². The number of imide groups is 1. The molecule has 2 N–H and O–H groups in total. The number of aryl methyl sites for hydroxylation is 1.